The molecule has 1 aromatic carbocycles. The normalized spacial score (nSPS) is 13.2. The van der Waals surface area contributed by atoms with Crippen LogP contribution in [0.25, 0.3) is 0 Å². The Labute approximate surface area is 165 Å². The number of hydrogen-bond donors (Lipinski definition) is 2. The number of nitrogens with one attached hydrogen (secondary N) is 1. The van der Waals surface area contributed by atoms with Crippen LogP contribution in [0, 0.1) is 17.2 Å². The van der Waals surface area contributed by atoms with Crippen molar-refractivity contribution in [2.45, 2.75) is 52.0 Å². The van der Waals surface area contributed by atoms with Crippen molar-refractivity contribution in [3.05, 3.63) is 46.5 Å². The summed E-state index contributed by atoms with van der Waals surface area (Å²) >= 11 is 6.07. The van der Waals surface area contributed by atoms with E-state index in [2.05, 4.69) is 47.1 Å². The van der Waals surface area contributed by atoms with Crippen LogP contribution in [0.3, 0.4) is 0 Å². The Morgan fingerprint density at radius 2 is 1.85 bits per heavy atom. The number of halogens is 1. The highest BCUT2D eigenvalue weighted by molar-refractivity contribution is 6.28. The van der Waals surface area contributed by atoms with Crippen LogP contribution in [0.4, 0.5) is 5.95 Å². The average Bonchev–Trinajstić information content (AvgIpc) is 2.61. The molecule has 0 bridgehead atoms. The van der Waals surface area contributed by atoms with E-state index < -0.39 is 0 Å². The Kier molecular flexibility index (Phi) is 7.96. The maximum absolute atomic E-state index is 9.54. The summed E-state index contributed by atoms with van der Waals surface area (Å²) in [6, 6.07) is 10.0. The maximum atomic E-state index is 9.54. The van der Waals surface area contributed by atoms with Gasteiger partial charge in [-0.05, 0) is 41.0 Å². The molecule has 0 fully saturated rings. The molecular formula is C20H26ClN5O. The first-order valence-electron chi connectivity index (χ1n) is 9.14. The number of rotatable bonds is 9. The predicted octanol–water partition coefficient (Wildman–Crippen LogP) is 3.76. The second-order valence-corrected chi connectivity index (χ2v) is 7.52. The molecule has 0 spiro atoms. The molecule has 2 N–H and O–H groups in total. The van der Waals surface area contributed by atoms with Gasteiger partial charge in [0.1, 0.15) is 5.82 Å². The zero-order valence-electron chi connectivity index (χ0n) is 16.0. The number of nitriles is 1. The van der Waals surface area contributed by atoms with Gasteiger partial charge in [0.05, 0.1) is 25.1 Å². The smallest absolute Gasteiger partial charge is 0.227 e. The maximum Gasteiger partial charge on any atom is 0.227 e. The number of aliphatic hydroxyl groups excluding tert-OH is 1. The molecule has 0 radical (unpaired) electrons. The third kappa shape index (κ3) is 6.78. The van der Waals surface area contributed by atoms with Gasteiger partial charge in [0.25, 0.3) is 0 Å². The number of anilines is 1. The van der Waals surface area contributed by atoms with E-state index in [4.69, 9.17) is 16.9 Å². The van der Waals surface area contributed by atoms with E-state index in [-0.39, 0.29) is 23.9 Å². The molecule has 1 heterocycles. The first-order chi connectivity index (χ1) is 12.9. The highest BCUT2D eigenvalue weighted by Gasteiger charge is 2.15. The van der Waals surface area contributed by atoms with Crippen molar-refractivity contribution >= 4 is 17.5 Å². The van der Waals surface area contributed by atoms with Gasteiger partial charge in [0.15, 0.2) is 0 Å². The molecule has 1 aromatic heterocycles. The van der Waals surface area contributed by atoms with E-state index in [0.29, 0.717) is 30.5 Å². The Morgan fingerprint density at radius 1 is 1.15 bits per heavy atom. The lowest BCUT2D eigenvalue weighted by atomic mass is 9.96. The van der Waals surface area contributed by atoms with Crippen molar-refractivity contribution in [2.24, 2.45) is 5.92 Å². The molecule has 2 aromatic rings. The first-order valence-corrected chi connectivity index (χ1v) is 9.52. The number of aliphatic hydroxyl groups is 1. The Balaban J connectivity index is 2.09. The summed E-state index contributed by atoms with van der Waals surface area (Å²) in [5.41, 5.74) is 2.15. The van der Waals surface area contributed by atoms with Gasteiger partial charge in [-0.1, -0.05) is 45.0 Å². The molecule has 0 aliphatic carbocycles. The second-order valence-electron chi connectivity index (χ2n) is 7.18. The van der Waals surface area contributed by atoms with Crippen LogP contribution < -0.4 is 5.32 Å². The van der Waals surface area contributed by atoms with Gasteiger partial charge in [0.2, 0.25) is 11.2 Å². The highest BCUT2D eigenvalue weighted by Crippen LogP contribution is 2.21. The standard InChI is InChI=1S/C20H26ClN5O/c1-13(2)10-17(12-27)23-20-25-18(24-19(21)26-20)11-14(3)16-6-4-15(5-7-16)8-9-22/h4-7,13-14,17,27H,8,10-12H2,1-3H3,(H,23,24,25,26)/t14?,17-/m1/s1. The van der Waals surface area contributed by atoms with Crippen molar-refractivity contribution < 1.29 is 5.11 Å². The third-order valence-electron chi connectivity index (χ3n) is 4.28. The molecule has 0 saturated heterocycles. The first kappa shape index (κ1) is 21.1. The van der Waals surface area contributed by atoms with E-state index in [9.17, 15) is 5.11 Å². The van der Waals surface area contributed by atoms with Gasteiger partial charge in [0, 0.05) is 6.42 Å². The van der Waals surface area contributed by atoms with Crippen LogP contribution in [0.5, 0.6) is 0 Å². The van der Waals surface area contributed by atoms with Crippen LogP contribution in [0.2, 0.25) is 5.28 Å². The largest absolute Gasteiger partial charge is 0.394 e. The summed E-state index contributed by atoms with van der Waals surface area (Å²) in [4.78, 5) is 12.8. The van der Waals surface area contributed by atoms with Crippen LogP contribution in [0.1, 0.15) is 50.1 Å². The summed E-state index contributed by atoms with van der Waals surface area (Å²) < 4.78 is 0. The summed E-state index contributed by atoms with van der Waals surface area (Å²) in [5.74, 6) is 1.63. The van der Waals surface area contributed by atoms with E-state index in [1.807, 2.05) is 24.3 Å². The van der Waals surface area contributed by atoms with Crippen molar-refractivity contribution in [2.75, 3.05) is 11.9 Å². The molecule has 0 aliphatic rings. The number of benzene rings is 1. The Hall–Kier alpha value is -2.23. The summed E-state index contributed by atoms with van der Waals surface area (Å²) in [6.07, 6.45) is 1.83. The molecule has 6 nitrogen and oxygen atoms in total. The van der Waals surface area contributed by atoms with E-state index in [0.717, 1.165) is 17.5 Å². The number of hydrogen-bond acceptors (Lipinski definition) is 6. The van der Waals surface area contributed by atoms with Crippen molar-refractivity contribution in [3.8, 4) is 6.07 Å². The minimum Gasteiger partial charge on any atom is -0.394 e. The molecule has 0 amide bonds. The van der Waals surface area contributed by atoms with Crippen molar-refractivity contribution in [1.82, 2.24) is 15.0 Å². The molecule has 7 heteroatoms. The van der Waals surface area contributed by atoms with Crippen molar-refractivity contribution in [3.63, 3.8) is 0 Å². The van der Waals surface area contributed by atoms with Gasteiger partial charge in [-0.3, -0.25) is 0 Å². The fraction of sp³-hybridized carbons (Fsp3) is 0.500. The summed E-state index contributed by atoms with van der Waals surface area (Å²) in [6.45, 7) is 6.29. The van der Waals surface area contributed by atoms with Gasteiger partial charge in [-0.25, -0.2) is 4.98 Å². The van der Waals surface area contributed by atoms with Gasteiger partial charge in [-0.15, -0.1) is 0 Å². The number of nitrogens with zero attached hydrogens (tertiary/aromatic N) is 4. The van der Waals surface area contributed by atoms with E-state index in [1.165, 1.54) is 0 Å². The SMILES string of the molecule is CC(C)C[C@H](CO)Nc1nc(Cl)nc(CC(C)c2ccc(CC#N)cc2)n1. The van der Waals surface area contributed by atoms with Gasteiger partial charge in [-0.2, -0.15) is 15.2 Å². The van der Waals surface area contributed by atoms with E-state index in [1.54, 1.807) is 0 Å². The zero-order valence-corrected chi connectivity index (χ0v) is 16.7. The Bertz CT molecular complexity index is 773. The second kappa shape index (κ2) is 10.2. The third-order valence-corrected chi connectivity index (χ3v) is 4.45. The van der Waals surface area contributed by atoms with Gasteiger partial charge < -0.3 is 10.4 Å². The molecule has 0 aliphatic heterocycles. The monoisotopic (exact) mass is 387 g/mol. The molecule has 2 rings (SSSR count). The molecular weight excluding hydrogens is 362 g/mol. The molecule has 0 saturated carbocycles. The molecule has 2 atom stereocenters. The minimum absolute atomic E-state index is 0.00225. The van der Waals surface area contributed by atoms with Crippen LogP contribution in [-0.2, 0) is 12.8 Å². The van der Waals surface area contributed by atoms with E-state index >= 15 is 0 Å². The van der Waals surface area contributed by atoms with Crippen molar-refractivity contribution in [1.29, 1.82) is 5.26 Å². The zero-order chi connectivity index (χ0) is 19.8. The lowest BCUT2D eigenvalue weighted by molar-refractivity contribution is 0.259. The average molecular weight is 388 g/mol. The molecule has 144 valence electrons. The quantitative estimate of drug-likeness (QED) is 0.680. The fourth-order valence-corrected chi connectivity index (χ4v) is 3.10. The van der Waals surface area contributed by atoms with Crippen LogP contribution in [0.15, 0.2) is 24.3 Å². The lowest BCUT2D eigenvalue weighted by Crippen LogP contribution is -2.27. The fourth-order valence-electron chi connectivity index (χ4n) is 2.92. The molecule has 1 unspecified atom stereocenters. The number of aromatic nitrogens is 3. The van der Waals surface area contributed by atoms with Gasteiger partial charge >= 0.3 is 0 Å². The lowest BCUT2D eigenvalue weighted by Gasteiger charge is -2.18. The van der Waals surface area contributed by atoms with Crippen LogP contribution >= 0.6 is 11.6 Å². The highest BCUT2D eigenvalue weighted by atomic mass is 35.5. The molecule has 27 heavy (non-hydrogen) atoms. The summed E-state index contributed by atoms with van der Waals surface area (Å²) in [5, 5.41) is 21.6. The summed E-state index contributed by atoms with van der Waals surface area (Å²) in [7, 11) is 0. The Morgan fingerprint density at radius 3 is 2.44 bits per heavy atom. The predicted molar refractivity (Wildman–Crippen MR) is 107 cm³/mol. The van der Waals surface area contributed by atoms with Crippen LogP contribution in [-0.4, -0.2) is 32.7 Å². The topological polar surface area (TPSA) is 94.7 Å². The minimum atomic E-state index is -0.124.